The Morgan fingerprint density at radius 3 is 2.18 bits per heavy atom. The Morgan fingerprint density at radius 2 is 1.60 bits per heavy atom. The first kappa shape index (κ1) is 32.6. The van der Waals surface area contributed by atoms with Crippen molar-refractivity contribution in [2.75, 3.05) is 31.2 Å². The molecular weight excluding hydrogens is 732 g/mol. The number of methoxy groups -OCH3 is 2. The van der Waals surface area contributed by atoms with Crippen LogP contribution in [0.25, 0.3) is 0 Å². The smallest absolute Gasteiger partial charge is 0.286 e. The molecule has 0 aromatic heterocycles. The molecular formula is C30H26Br2F4N4O5. The Morgan fingerprint density at radius 1 is 1.00 bits per heavy atom. The fourth-order valence-corrected chi connectivity index (χ4v) is 5.90. The second kappa shape index (κ2) is 12.5. The number of anilines is 2. The van der Waals surface area contributed by atoms with Crippen molar-refractivity contribution in [3.05, 3.63) is 91.6 Å². The number of aliphatic hydroxyl groups excluding tert-OH is 1. The van der Waals surface area contributed by atoms with E-state index in [2.05, 4.69) is 37.3 Å². The number of ether oxygens (including phenoxy) is 2. The van der Waals surface area contributed by atoms with E-state index in [-0.39, 0.29) is 12.2 Å². The highest BCUT2D eigenvalue weighted by molar-refractivity contribution is 9.10. The number of halogens is 6. The fourth-order valence-electron chi connectivity index (χ4n) is 5.44. The molecule has 0 bridgehead atoms. The normalized spacial score (nSPS) is 18.2. The Labute approximate surface area is 272 Å². The summed E-state index contributed by atoms with van der Waals surface area (Å²) in [5, 5.41) is 15.0. The topological polar surface area (TPSA) is 94.6 Å². The van der Waals surface area contributed by atoms with Crippen LogP contribution in [-0.4, -0.2) is 53.2 Å². The van der Waals surface area contributed by atoms with Crippen LogP contribution in [-0.2, 0) is 16.1 Å². The van der Waals surface area contributed by atoms with Gasteiger partial charge in [-0.05, 0) is 63.8 Å². The zero-order valence-electron chi connectivity index (χ0n) is 24.1. The maximum atomic E-state index is 14.7. The van der Waals surface area contributed by atoms with E-state index in [1.54, 1.807) is 30.1 Å². The zero-order valence-corrected chi connectivity index (χ0v) is 27.2. The Bertz CT molecular complexity index is 1700. The first-order chi connectivity index (χ1) is 21.3. The number of fused-ring (bicyclic) bond motifs is 1. The lowest BCUT2D eigenvalue weighted by Crippen LogP contribution is -2.61. The molecule has 5 rings (SSSR count). The van der Waals surface area contributed by atoms with Crippen molar-refractivity contribution < 1.29 is 41.7 Å². The number of benzene rings is 3. The molecule has 2 aliphatic rings. The summed E-state index contributed by atoms with van der Waals surface area (Å²) in [6.45, 7) is 1.95. The van der Waals surface area contributed by atoms with Gasteiger partial charge in [0.05, 0.1) is 46.6 Å². The number of nitrogens with zero attached hydrogens (tertiary/aromatic N) is 3. The summed E-state index contributed by atoms with van der Waals surface area (Å²) in [5.41, 5.74) is 0.297. The van der Waals surface area contributed by atoms with Gasteiger partial charge in [0.2, 0.25) is 0 Å². The number of hydrogen-bond acceptors (Lipinski definition) is 7. The molecule has 1 atom stereocenters. The monoisotopic (exact) mass is 756 g/mol. The van der Waals surface area contributed by atoms with Crippen molar-refractivity contribution in [2.24, 2.45) is 0 Å². The highest BCUT2D eigenvalue weighted by Gasteiger charge is 2.53. The Balaban J connectivity index is 1.62. The summed E-state index contributed by atoms with van der Waals surface area (Å²) in [4.78, 5) is 28.5. The number of carbonyl (C=O) groups excluding carboxylic acids is 2. The fraction of sp³-hybridized carbons (Fsp3) is 0.267. The Kier molecular flexibility index (Phi) is 9.06. The molecule has 3 aromatic carbocycles. The van der Waals surface area contributed by atoms with Gasteiger partial charge in [-0.3, -0.25) is 20.0 Å². The molecule has 2 heterocycles. The van der Waals surface area contributed by atoms with Gasteiger partial charge in [0.15, 0.2) is 0 Å². The molecule has 0 spiro atoms. The maximum Gasteiger partial charge on any atom is 0.286 e. The quantitative estimate of drug-likeness (QED) is 0.113. The third-order valence-corrected chi connectivity index (χ3v) is 9.29. The van der Waals surface area contributed by atoms with Crippen LogP contribution in [0.5, 0.6) is 11.5 Å². The lowest BCUT2D eigenvalue weighted by atomic mass is 9.90. The molecule has 238 valence electrons. The number of hydrazine groups is 2. The van der Waals surface area contributed by atoms with Gasteiger partial charge in [-0.15, -0.1) is 0 Å². The van der Waals surface area contributed by atoms with Crippen molar-refractivity contribution in [2.45, 2.75) is 31.8 Å². The molecule has 15 heteroatoms. The van der Waals surface area contributed by atoms with Crippen LogP contribution < -0.4 is 19.9 Å². The van der Waals surface area contributed by atoms with Crippen LogP contribution in [0.1, 0.15) is 25.3 Å². The van der Waals surface area contributed by atoms with Gasteiger partial charge in [0.1, 0.15) is 46.1 Å². The highest BCUT2D eigenvalue weighted by atomic mass is 79.9. The molecule has 0 radical (unpaired) electrons. The Hall–Kier alpha value is -3.82. The summed E-state index contributed by atoms with van der Waals surface area (Å²) in [7, 11) is 2.94. The molecule has 0 aliphatic carbocycles. The van der Waals surface area contributed by atoms with Crippen LogP contribution in [0.4, 0.5) is 28.9 Å². The summed E-state index contributed by atoms with van der Waals surface area (Å²) in [5.74, 6) is -6.10. The predicted octanol–water partition coefficient (Wildman–Crippen LogP) is 6.77. The van der Waals surface area contributed by atoms with Crippen molar-refractivity contribution in [3.63, 3.8) is 0 Å². The van der Waals surface area contributed by atoms with Crippen molar-refractivity contribution in [1.29, 1.82) is 0 Å². The van der Waals surface area contributed by atoms with Crippen molar-refractivity contribution in [3.8, 4) is 11.5 Å². The third kappa shape index (κ3) is 5.84. The zero-order chi connectivity index (χ0) is 32.8. The van der Waals surface area contributed by atoms with E-state index in [4.69, 9.17) is 9.47 Å². The summed E-state index contributed by atoms with van der Waals surface area (Å²) in [6.07, 6.45) is 0.922. The molecule has 1 fully saturated rings. The molecule has 2 N–H and O–H groups in total. The standard InChI is InChI=1S/C30H26Br2F4N4O5/c1-30-7-4-8-39(30)38(14-15-5-6-18(44-2)13-23(15)45-3)28(42)24(27(30)41)29(43)40(17-11-21(35)26(32)22(36)12-17)37-16-9-19(33)25(31)20(34)10-16/h5-6,9-13,37,41H,4,7-8,14H2,1-3H3/t30-/m1/s1. The van der Waals surface area contributed by atoms with E-state index >= 15 is 0 Å². The molecule has 9 nitrogen and oxygen atoms in total. The summed E-state index contributed by atoms with van der Waals surface area (Å²) >= 11 is 5.54. The van der Waals surface area contributed by atoms with Crippen LogP contribution in [0.3, 0.4) is 0 Å². The van der Waals surface area contributed by atoms with Gasteiger partial charge < -0.3 is 14.6 Å². The number of rotatable bonds is 8. The predicted molar refractivity (Wildman–Crippen MR) is 163 cm³/mol. The van der Waals surface area contributed by atoms with Gasteiger partial charge in [-0.25, -0.2) is 27.6 Å². The van der Waals surface area contributed by atoms with E-state index in [1.807, 2.05) is 0 Å². The van der Waals surface area contributed by atoms with Gasteiger partial charge in [0, 0.05) is 42.4 Å². The van der Waals surface area contributed by atoms with Gasteiger partial charge in [0.25, 0.3) is 11.8 Å². The number of amides is 2. The first-order valence-electron chi connectivity index (χ1n) is 13.4. The number of nitrogens with one attached hydrogen (secondary N) is 1. The molecule has 2 amide bonds. The maximum absolute atomic E-state index is 14.7. The lowest BCUT2D eigenvalue weighted by Gasteiger charge is -2.46. The van der Waals surface area contributed by atoms with E-state index < -0.39 is 66.6 Å². The van der Waals surface area contributed by atoms with E-state index in [9.17, 15) is 32.3 Å². The molecule has 0 saturated carbocycles. The van der Waals surface area contributed by atoms with E-state index in [1.165, 1.54) is 19.2 Å². The number of hydrogen-bond donors (Lipinski definition) is 2. The average Bonchev–Trinajstić information content (AvgIpc) is 3.41. The average molecular weight is 758 g/mol. The summed E-state index contributed by atoms with van der Waals surface area (Å²) in [6, 6.07) is 8.21. The van der Waals surface area contributed by atoms with Crippen LogP contribution >= 0.6 is 31.9 Å². The second-order valence-electron chi connectivity index (χ2n) is 10.5. The van der Waals surface area contributed by atoms with Gasteiger partial charge >= 0.3 is 0 Å². The summed E-state index contributed by atoms with van der Waals surface area (Å²) < 4.78 is 68.0. The van der Waals surface area contributed by atoms with Crippen LogP contribution in [0.2, 0.25) is 0 Å². The minimum atomic E-state index is -1.23. The van der Waals surface area contributed by atoms with Crippen LogP contribution in [0, 0.1) is 23.3 Å². The van der Waals surface area contributed by atoms with E-state index in [0.717, 1.165) is 24.3 Å². The number of carbonyl (C=O) groups is 2. The van der Waals surface area contributed by atoms with Crippen molar-refractivity contribution >= 4 is 55.0 Å². The SMILES string of the molecule is COc1ccc(CN2C(=O)C(C(=O)N(Nc3cc(F)c(Br)c(F)c3)c3cc(F)c(Br)c(F)c3)=C(O)[C@@]3(C)CCCN23)c(OC)c1. The molecule has 0 unspecified atom stereocenters. The highest BCUT2D eigenvalue weighted by Crippen LogP contribution is 2.43. The van der Waals surface area contributed by atoms with Crippen molar-refractivity contribution in [1.82, 2.24) is 10.0 Å². The molecule has 2 aliphatic heterocycles. The van der Waals surface area contributed by atoms with Crippen LogP contribution in [0.15, 0.2) is 62.7 Å². The minimum absolute atomic E-state index is 0.0796. The van der Waals surface area contributed by atoms with E-state index in [0.29, 0.717) is 41.5 Å². The molecule has 1 saturated heterocycles. The number of aliphatic hydroxyl groups is 1. The van der Waals surface area contributed by atoms with Gasteiger partial charge in [-0.2, -0.15) is 0 Å². The molecule has 45 heavy (non-hydrogen) atoms. The largest absolute Gasteiger partial charge is 0.509 e. The molecule has 3 aromatic rings. The lowest BCUT2D eigenvalue weighted by molar-refractivity contribution is -0.160. The third-order valence-electron chi connectivity index (χ3n) is 7.77. The second-order valence-corrected chi connectivity index (χ2v) is 12.1. The first-order valence-corrected chi connectivity index (χ1v) is 15.0. The van der Waals surface area contributed by atoms with Gasteiger partial charge in [-0.1, -0.05) is 0 Å². The minimum Gasteiger partial charge on any atom is -0.509 e.